The summed E-state index contributed by atoms with van der Waals surface area (Å²) in [5, 5.41) is 10.4. The van der Waals surface area contributed by atoms with Gasteiger partial charge in [-0.1, -0.05) is 23.2 Å². The molecule has 1 N–H and O–H groups in total. The maximum Gasteiger partial charge on any atom is 0.310 e. The summed E-state index contributed by atoms with van der Waals surface area (Å²) in [6.07, 6.45) is 0.677. The third-order valence-corrected chi connectivity index (χ3v) is 3.83. The van der Waals surface area contributed by atoms with Gasteiger partial charge in [-0.05, 0) is 43.7 Å². The molecule has 0 amide bonds. The second-order valence-electron chi connectivity index (χ2n) is 5.10. The lowest BCUT2D eigenvalue weighted by Crippen LogP contribution is -2.31. The fourth-order valence-electron chi connectivity index (χ4n) is 2.33. The van der Waals surface area contributed by atoms with E-state index < -0.39 is 11.4 Å². The molecule has 1 aromatic carbocycles. The average Bonchev–Trinajstić information content (AvgIpc) is 2.60. The van der Waals surface area contributed by atoms with E-state index in [0.29, 0.717) is 29.6 Å². The molecule has 1 unspecified atom stereocenters. The number of aliphatic carboxylic acids is 1. The molecular formula is C13H15Cl2NO2. The first-order valence-electron chi connectivity index (χ1n) is 5.80. The summed E-state index contributed by atoms with van der Waals surface area (Å²) >= 11 is 11.9. The first-order valence-corrected chi connectivity index (χ1v) is 6.55. The lowest BCUT2D eigenvalue weighted by molar-refractivity contribution is -0.147. The van der Waals surface area contributed by atoms with E-state index in [0.717, 1.165) is 12.1 Å². The van der Waals surface area contributed by atoms with Crippen molar-refractivity contribution in [2.24, 2.45) is 5.41 Å². The van der Waals surface area contributed by atoms with Gasteiger partial charge in [0, 0.05) is 23.1 Å². The Morgan fingerprint density at radius 3 is 2.50 bits per heavy atom. The molecule has 1 atom stereocenters. The highest BCUT2D eigenvalue weighted by atomic mass is 35.5. The molecule has 1 aromatic rings. The topological polar surface area (TPSA) is 40.5 Å². The van der Waals surface area contributed by atoms with Gasteiger partial charge in [-0.25, -0.2) is 0 Å². The van der Waals surface area contributed by atoms with Crippen LogP contribution in [0.2, 0.25) is 10.0 Å². The maximum atomic E-state index is 11.2. The summed E-state index contributed by atoms with van der Waals surface area (Å²) in [7, 11) is 0. The van der Waals surface area contributed by atoms with Gasteiger partial charge in [-0.15, -0.1) is 0 Å². The molecule has 0 radical (unpaired) electrons. The van der Waals surface area contributed by atoms with Crippen molar-refractivity contribution in [2.75, 3.05) is 13.1 Å². The van der Waals surface area contributed by atoms with Crippen molar-refractivity contribution in [3.63, 3.8) is 0 Å². The summed E-state index contributed by atoms with van der Waals surface area (Å²) in [6.45, 7) is 3.82. The van der Waals surface area contributed by atoms with Crippen LogP contribution in [0.3, 0.4) is 0 Å². The molecule has 5 heteroatoms. The van der Waals surface area contributed by atoms with Crippen LogP contribution < -0.4 is 0 Å². The van der Waals surface area contributed by atoms with Gasteiger partial charge in [0.2, 0.25) is 0 Å². The first-order chi connectivity index (χ1) is 8.39. The van der Waals surface area contributed by atoms with E-state index in [-0.39, 0.29) is 0 Å². The first kappa shape index (κ1) is 13.7. The number of carboxylic acid groups (broad SMARTS) is 1. The van der Waals surface area contributed by atoms with Crippen LogP contribution in [0.1, 0.15) is 18.9 Å². The van der Waals surface area contributed by atoms with E-state index in [2.05, 4.69) is 4.90 Å². The number of hydrogen-bond acceptors (Lipinski definition) is 2. The monoisotopic (exact) mass is 287 g/mol. The van der Waals surface area contributed by atoms with Gasteiger partial charge < -0.3 is 5.11 Å². The molecule has 0 bridgehead atoms. The third-order valence-electron chi connectivity index (χ3n) is 3.40. The Bertz CT molecular complexity index is 458. The normalized spacial score (nSPS) is 24.4. The van der Waals surface area contributed by atoms with Crippen LogP contribution in [0.5, 0.6) is 0 Å². The predicted molar refractivity (Wildman–Crippen MR) is 72.1 cm³/mol. The third kappa shape index (κ3) is 2.97. The number of benzene rings is 1. The van der Waals surface area contributed by atoms with Crippen molar-refractivity contribution >= 4 is 29.2 Å². The summed E-state index contributed by atoms with van der Waals surface area (Å²) in [5.74, 6) is -0.728. The van der Waals surface area contributed by atoms with E-state index in [4.69, 9.17) is 23.2 Å². The van der Waals surface area contributed by atoms with E-state index >= 15 is 0 Å². The highest BCUT2D eigenvalue weighted by Gasteiger charge is 2.40. The zero-order chi connectivity index (χ0) is 13.3. The summed E-state index contributed by atoms with van der Waals surface area (Å²) in [6, 6.07) is 5.42. The second-order valence-corrected chi connectivity index (χ2v) is 5.98. The molecule has 1 fully saturated rings. The Kier molecular flexibility index (Phi) is 3.85. The number of likely N-dealkylation sites (tertiary alicyclic amines) is 1. The van der Waals surface area contributed by atoms with Gasteiger partial charge >= 0.3 is 5.97 Å². The molecule has 1 aliphatic heterocycles. The minimum atomic E-state index is -0.728. The molecule has 0 spiro atoms. The lowest BCUT2D eigenvalue weighted by atomic mass is 9.90. The molecule has 0 aromatic heterocycles. The molecule has 1 aliphatic rings. The van der Waals surface area contributed by atoms with Crippen LogP contribution in [-0.2, 0) is 11.3 Å². The highest BCUT2D eigenvalue weighted by molar-refractivity contribution is 6.34. The maximum absolute atomic E-state index is 11.2. The number of rotatable bonds is 3. The van der Waals surface area contributed by atoms with Crippen molar-refractivity contribution in [1.29, 1.82) is 0 Å². The molecule has 1 saturated heterocycles. The summed E-state index contributed by atoms with van der Waals surface area (Å²) in [5.41, 5.74) is 0.379. The van der Waals surface area contributed by atoms with Crippen LogP contribution in [0, 0.1) is 5.41 Å². The fourth-order valence-corrected chi connectivity index (χ4v) is 2.90. The van der Waals surface area contributed by atoms with Gasteiger partial charge in [0.15, 0.2) is 0 Å². The van der Waals surface area contributed by atoms with Crippen LogP contribution in [-0.4, -0.2) is 29.1 Å². The predicted octanol–water partition coefficient (Wildman–Crippen LogP) is 3.29. The molecule has 3 nitrogen and oxygen atoms in total. The summed E-state index contributed by atoms with van der Waals surface area (Å²) in [4.78, 5) is 13.3. The molecular weight excluding hydrogens is 273 g/mol. The van der Waals surface area contributed by atoms with Gasteiger partial charge in [0.25, 0.3) is 0 Å². The molecule has 18 heavy (non-hydrogen) atoms. The highest BCUT2D eigenvalue weighted by Crippen LogP contribution is 2.31. The number of nitrogens with zero attached hydrogens (tertiary/aromatic N) is 1. The van der Waals surface area contributed by atoms with Crippen LogP contribution in [0.4, 0.5) is 0 Å². The molecule has 1 heterocycles. The van der Waals surface area contributed by atoms with Crippen molar-refractivity contribution in [3.8, 4) is 0 Å². The number of carboxylic acids is 1. The minimum absolute atomic E-state index is 0.562. The quantitative estimate of drug-likeness (QED) is 0.927. The molecule has 0 saturated carbocycles. The lowest BCUT2D eigenvalue weighted by Gasteiger charge is -2.20. The molecule has 98 valence electrons. The van der Waals surface area contributed by atoms with Crippen molar-refractivity contribution in [3.05, 3.63) is 33.8 Å². The van der Waals surface area contributed by atoms with Gasteiger partial charge in [0.05, 0.1) is 5.41 Å². The zero-order valence-corrected chi connectivity index (χ0v) is 11.6. The van der Waals surface area contributed by atoms with E-state index in [1.165, 1.54) is 0 Å². The van der Waals surface area contributed by atoms with Gasteiger partial charge in [0.1, 0.15) is 0 Å². The van der Waals surface area contributed by atoms with Gasteiger partial charge in [-0.3, -0.25) is 9.69 Å². The smallest absolute Gasteiger partial charge is 0.310 e. The Labute approximate surface area is 116 Å². The standard InChI is InChI=1S/C13H15Cl2NO2/c1-13(12(17)18)2-3-16(8-13)7-9-4-10(14)6-11(15)5-9/h4-6H,2-3,7-8H2,1H3,(H,17,18). The second kappa shape index (κ2) is 5.08. The van der Waals surface area contributed by atoms with Crippen molar-refractivity contribution in [2.45, 2.75) is 19.9 Å². The van der Waals surface area contributed by atoms with Crippen LogP contribution in [0.15, 0.2) is 18.2 Å². The minimum Gasteiger partial charge on any atom is -0.481 e. The van der Waals surface area contributed by atoms with Gasteiger partial charge in [-0.2, -0.15) is 0 Å². The summed E-state index contributed by atoms with van der Waals surface area (Å²) < 4.78 is 0. The van der Waals surface area contributed by atoms with E-state index in [9.17, 15) is 9.90 Å². The number of halogens is 2. The SMILES string of the molecule is CC1(C(=O)O)CCN(Cc2cc(Cl)cc(Cl)c2)C1. The zero-order valence-electron chi connectivity index (χ0n) is 10.1. The average molecular weight is 288 g/mol. The van der Waals surface area contributed by atoms with Crippen molar-refractivity contribution < 1.29 is 9.90 Å². The number of carbonyl (C=O) groups is 1. The Morgan fingerprint density at radius 2 is 2.00 bits per heavy atom. The Hall–Kier alpha value is -0.770. The molecule has 2 rings (SSSR count). The Balaban J connectivity index is 2.06. The van der Waals surface area contributed by atoms with Crippen LogP contribution >= 0.6 is 23.2 Å². The largest absolute Gasteiger partial charge is 0.481 e. The van der Waals surface area contributed by atoms with Crippen LogP contribution in [0.25, 0.3) is 0 Å². The van der Waals surface area contributed by atoms with Crippen molar-refractivity contribution in [1.82, 2.24) is 4.90 Å². The van der Waals surface area contributed by atoms with E-state index in [1.54, 1.807) is 13.0 Å². The fraction of sp³-hybridized carbons (Fsp3) is 0.462. The van der Waals surface area contributed by atoms with E-state index in [1.807, 2.05) is 12.1 Å². The number of hydrogen-bond donors (Lipinski definition) is 1. The Morgan fingerprint density at radius 1 is 1.39 bits per heavy atom. The molecule has 0 aliphatic carbocycles.